The molecule has 0 spiro atoms. The van der Waals surface area contributed by atoms with Gasteiger partial charge in [-0.3, -0.25) is 9.71 Å². The maximum atomic E-state index is 13.7. The first-order chi connectivity index (χ1) is 9.44. The molecule has 0 aliphatic rings. The van der Waals surface area contributed by atoms with Gasteiger partial charge in [0, 0.05) is 12.7 Å². The van der Waals surface area contributed by atoms with Gasteiger partial charge in [-0.2, -0.15) is 0 Å². The monoisotopic (exact) mass is 295 g/mol. The third kappa shape index (κ3) is 2.94. The molecule has 0 aliphatic carbocycles. The molecule has 1 heterocycles. The van der Waals surface area contributed by atoms with Crippen molar-refractivity contribution in [3.8, 4) is 0 Å². The Kier molecular flexibility index (Phi) is 4.01. The van der Waals surface area contributed by atoms with Crippen LogP contribution in [0.25, 0.3) is 0 Å². The Morgan fingerprint density at radius 3 is 2.75 bits per heavy atom. The summed E-state index contributed by atoms with van der Waals surface area (Å²) in [6.07, 6.45) is 2.92. The number of hydrogen-bond acceptors (Lipinski definition) is 4. The first kappa shape index (κ1) is 14.4. The van der Waals surface area contributed by atoms with Crippen molar-refractivity contribution in [2.45, 2.75) is 18.4 Å². The van der Waals surface area contributed by atoms with E-state index >= 15 is 0 Å². The summed E-state index contributed by atoms with van der Waals surface area (Å²) in [4.78, 5) is 3.41. The molecule has 0 atom stereocenters. The number of nitrogens with one attached hydrogen (secondary N) is 1. The Labute approximate surface area is 116 Å². The van der Waals surface area contributed by atoms with E-state index in [-0.39, 0.29) is 6.54 Å². The van der Waals surface area contributed by atoms with Gasteiger partial charge in [0.05, 0.1) is 11.9 Å². The summed E-state index contributed by atoms with van der Waals surface area (Å²) in [5.74, 6) is -0.823. The highest BCUT2D eigenvalue weighted by Crippen LogP contribution is 2.21. The van der Waals surface area contributed by atoms with E-state index in [9.17, 15) is 12.8 Å². The van der Waals surface area contributed by atoms with Crippen molar-refractivity contribution in [1.29, 1.82) is 0 Å². The average Bonchev–Trinajstić information content (AvgIpc) is 2.41. The summed E-state index contributed by atoms with van der Waals surface area (Å²) in [5.41, 5.74) is 6.98. The van der Waals surface area contributed by atoms with Crippen LogP contribution in [-0.4, -0.2) is 13.4 Å². The third-order valence-corrected chi connectivity index (χ3v) is 4.18. The van der Waals surface area contributed by atoms with Crippen molar-refractivity contribution in [2.75, 3.05) is 4.72 Å². The van der Waals surface area contributed by atoms with Crippen molar-refractivity contribution in [3.63, 3.8) is 0 Å². The summed E-state index contributed by atoms with van der Waals surface area (Å²) in [6.45, 7) is 1.86. The lowest BCUT2D eigenvalue weighted by molar-refractivity contribution is 0.569. The molecule has 7 heteroatoms. The van der Waals surface area contributed by atoms with Crippen molar-refractivity contribution < 1.29 is 12.8 Å². The quantitative estimate of drug-likeness (QED) is 0.900. The zero-order valence-electron chi connectivity index (χ0n) is 10.8. The van der Waals surface area contributed by atoms with E-state index in [0.717, 1.165) is 6.07 Å². The predicted molar refractivity (Wildman–Crippen MR) is 74.1 cm³/mol. The van der Waals surface area contributed by atoms with Crippen molar-refractivity contribution in [3.05, 3.63) is 53.6 Å². The number of halogens is 1. The third-order valence-electron chi connectivity index (χ3n) is 2.80. The fraction of sp³-hybridized carbons (Fsp3) is 0.154. The molecule has 106 valence electrons. The van der Waals surface area contributed by atoms with Crippen LogP contribution in [0.5, 0.6) is 0 Å². The molecule has 1 aromatic heterocycles. The molecule has 5 nitrogen and oxygen atoms in total. The number of nitrogens with zero attached hydrogens (tertiary/aromatic N) is 1. The van der Waals surface area contributed by atoms with Gasteiger partial charge in [0.15, 0.2) is 0 Å². The number of pyridine rings is 1. The summed E-state index contributed by atoms with van der Waals surface area (Å²) >= 11 is 0. The van der Waals surface area contributed by atoms with Crippen LogP contribution >= 0.6 is 0 Å². The van der Waals surface area contributed by atoms with Gasteiger partial charge in [-0.25, -0.2) is 12.8 Å². The van der Waals surface area contributed by atoms with Crippen LogP contribution in [0.3, 0.4) is 0 Å². The molecule has 3 N–H and O–H groups in total. The van der Waals surface area contributed by atoms with Crippen molar-refractivity contribution >= 4 is 15.7 Å². The van der Waals surface area contributed by atoms with Crippen LogP contribution in [0.1, 0.15) is 11.1 Å². The fourth-order valence-corrected chi connectivity index (χ4v) is 2.90. The number of anilines is 1. The van der Waals surface area contributed by atoms with Crippen LogP contribution in [0.15, 0.2) is 41.6 Å². The number of benzene rings is 1. The minimum atomic E-state index is -4.02. The Balaban J connectivity index is 2.43. The zero-order chi connectivity index (χ0) is 14.8. The maximum absolute atomic E-state index is 13.7. The van der Waals surface area contributed by atoms with E-state index in [1.54, 1.807) is 19.2 Å². The molecule has 2 rings (SSSR count). The minimum Gasteiger partial charge on any atom is -0.326 e. The van der Waals surface area contributed by atoms with Gasteiger partial charge in [0.25, 0.3) is 10.0 Å². The molecule has 0 radical (unpaired) electrons. The molecular weight excluding hydrogens is 281 g/mol. The number of aryl methyl sites for hydroxylation is 1. The minimum absolute atomic E-state index is 0.134. The molecule has 0 aliphatic heterocycles. The highest BCUT2D eigenvalue weighted by molar-refractivity contribution is 7.92. The van der Waals surface area contributed by atoms with E-state index in [0.29, 0.717) is 16.8 Å². The molecule has 0 saturated carbocycles. The van der Waals surface area contributed by atoms with Crippen LogP contribution < -0.4 is 10.5 Å². The lowest BCUT2D eigenvalue weighted by atomic mass is 10.2. The van der Waals surface area contributed by atoms with Gasteiger partial charge >= 0.3 is 0 Å². The number of rotatable bonds is 4. The van der Waals surface area contributed by atoms with E-state index < -0.39 is 20.7 Å². The number of sulfonamides is 1. The standard InChI is InChI=1S/C13H14FN3O2S/c1-9-4-5-16-8-12(9)17-20(18,19)13-6-10(7-15)2-3-11(13)14/h2-6,8,17H,7,15H2,1H3. The average molecular weight is 295 g/mol. The summed E-state index contributed by atoms with van der Waals surface area (Å²) < 4.78 is 40.5. The lowest BCUT2D eigenvalue weighted by Gasteiger charge is -2.11. The van der Waals surface area contributed by atoms with E-state index in [1.165, 1.54) is 18.3 Å². The van der Waals surface area contributed by atoms with Gasteiger partial charge in [-0.15, -0.1) is 0 Å². The van der Waals surface area contributed by atoms with E-state index in [1.807, 2.05) is 0 Å². The highest BCUT2D eigenvalue weighted by atomic mass is 32.2. The van der Waals surface area contributed by atoms with Crippen LogP contribution in [0.4, 0.5) is 10.1 Å². The summed E-state index contributed by atoms with van der Waals surface area (Å²) in [7, 11) is -4.02. The second kappa shape index (κ2) is 5.56. The molecule has 0 saturated heterocycles. The SMILES string of the molecule is Cc1ccncc1NS(=O)(=O)c1cc(CN)ccc1F. The Bertz CT molecular complexity index is 732. The Hall–Kier alpha value is -1.99. The predicted octanol–water partition coefficient (Wildman–Crippen LogP) is 1.79. The molecule has 0 amide bonds. The highest BCUT2D eigenvalue weighted by Gasteiger charge is 2.20. The molecule has 2 aromatic rings. The first-order valence-electron chi connectivity index (χ1n) is 5.86. The molecule has 1 aromatic carbocycles. The fourth-order valence-electron chi connectivity index (χ4n) is 1.65. The number of hydrogen-bond donors (Lipinski definition) is 2. The van der Waals surface area contributed by atoms with Gasteiger partial charge in [0.2, 0.25) is 0 Å². The van der Waals surface area contributed by atoms with Crippen LogP contribution in [0.2, 0.25) is 0 Å². The van der Waals surface area contributed by atoms with E-state index in [4.69, 9.17) is 5.73 Å². The van der Waals surface area contributed by atoms with Crippen LogP contribution in [-0.2, 0) is 16.6 Å². The Morgan fingerprint density at radius 1 is 1.35 bits per heavy atom. The maximum Gasteiger partial charge on any atom is 0.264 e. The molecular formula is C13H14FN3O2S. The number of nitrogens with two attached hydrogens (primary N) is 1. The first-order valence-corrected chi connectivity index (χ1v) is 7.34. The van der Waals surface area contributed by atoms with E-state index in [2.05, 4.69) is 9.71 Å². The summed E-state index contributed by atoms with van der Waals surface area (Å²) in [5, 5.41) is 0. The van der Waals surface area contributed by atoms with Crippen LogP contribution in [0, 0.1) is 12.7 Å². The lowest BCUT2D eigenvalue weighted by Crippen LogP contribution is -2.16. The Morgan fingerprint density at radius 2 is 2.10 bits per heavy atom. The molecule has 0 unspecified atom stereocenters. The molecule has 0 fully saturated rings. The molecule has 20 heavy (non-hydrogen) atoms. The van der Waals surface area contributed by atoms with Gasteiger partial charge in [-0.05, 0) is 36.2 Å². The van der Waals surface area contributed by atoms with Gasteiger partial charge in [-0.1, -0.05) is 6.07 Å². The topological polar surface area (TPSA) is 85.1 Å². The smallest absolute Gasteiger partial charge is 0.264 e. The van der Waals surface area contributed by atoms with Gasteiger partial charge in [0.1, 0.15) is 10.7 Å². The largest absolute Gasteiger partial charge is 0.326 e. The van der Waals surface area contributed by atoms with Crippen molar-refractivity contribution in [1.82, 2.24) is 4.98 Å². The van der Waals surface area contributed by atoms with Crippen molar-refractivity contribution in [2.24, 2.45) is 5.73 Å². The van der Waals surface area contributed by atoms with Gasteiger partial charge < -0.3 is 5.73 Å². The number of aromatic nitrogens is 1. The summed E-state index contributed by atoms with van der Waals surface area (Å²) in [6, 6.07) is 5.42. The molecule has 0 bridgehead atoms. The zero-order valence-corrected chi connectivity index (χ0v) is 11.6. The second-order valence-corrected chi connectivity index (χ2v) is 5.92. The normalized spacial score (nSPS) is 11.3. The second-order valence-electron chi connectivity index (χ2n) is 4.26.